The zero-order chi connectivity index (χ0) is 16.4. The van der Waals surface area contributed by atoms with E-state index in [1.54, 1.807) is 5.38 Å². The van der Waals surface area contributed by atoms with Gasteiger partial charge in [-0.25, -0.2) is 19.8 Å². The molecule has 0 aliphatic carbocycles. The molecule has 0 fully saturated rings. The number of rotatable bonds is 5. The van der Waals surface area contributed by atoms with Crippen molar-refractivity contribution in [1.29, 1.82) is 0 Å². The number of aromatic amines is 1. The Balaban J connectivity index is 1.70. The molecule has 0 spiro atoms. The number of aromatic nitrogens is 4. The van der Waals surface area contributed by atoms with Crippen LogP contribution in [-0.2, 0) is 21.2 Å². The number of carbonyl (C=O) groups excluding carboxylic acids is 1. The van der Waals surface area contributed by atoms with Crippen molar-refractivity contribution in [2.75, 3.05) is 0 Å². The maximum atomic E-state index is 11.9. The fourth-order valence-corrected chi connectivity index (χ4v) is 5.12. The van der Waals surface area contributed by atoms with E-state index in [1.165, 1.54) is 22.7 Å². The number of nitrogens with zero attached hydrogens (tertiary/aromatic N) is 3. The molecule has 0 saturated heterocycles. The Hall–Kier alpha value is -1.63. The summed E-state index contributed by atoms with van der Waals surface area (Å²) in [6.07, 6.45) is 0.900. The number of amides is 1. The first-order valence-corrected chi connectivity index (χ1v) is 10.1. The lowest BCUT2D eigenvalue weighted by molar-refractivity contribution is -0.118. The highest BCUT2D eigenvalue weighted by molar-refractivity contribution is 9.10. The summed E-state index contributed by atoms with van der Waals surface area (Å²) in [4.78, 5) is 20.7. The predicted octanol–water partition coefficient (Wildman–Crippen LogP) is 1.80. The van der Waals surface area contributed by atoms with Gasteiger partial charge >= 0.3 is 0 Å². The van der Waals surface area contributed by atoms with E-state index >= 15 is 0 Å². The molecule has 0 bridgehead atoms. The lowest BCUT2D eigenvalue weighted by Crippen LogP contribution is -2.32. The highest BCUT2D eigenvalue weighted by Crippen LogP contribution is 2.35. The van der Waals surface area contributed by atoms with Crippen molar-refractivity contribution < 1.29 is 13.2 Å². The summed E-state index contributed by atoms with van der Waals surface area (Å²) in [5, 5.41) is 9.65. The lowest BCUT2D eigenvalue weighted by Gasteiger charge is -2.02. The minimum absolute atomic E-state index is 0.146. The molecule has 120 valence electrons. The normalized spacial score (nSPS) is 11.5. The molecule has 2 N–H and O–H groups in total. The summed E-state index contributed by atoms with van der Waals surface area (Å²) >= 11 is 6.35. The van der Waals surface area contributed by atoms with Gasteiger partial charge in [-0.2, -0.15) is 13.5 Å². The Morgan fingerprint density at radius 3 is 2.87 bits per heavy atom. The van der Waals surface area contributed by atoms with Crippen LogP contribution >= 0.6 is 38.6 Å². The molecule has 0 atom stereocenters. The van der Waals surface area contributed by atoms with E-state index in [4.69, 9.17) is 0 Å². The van der Waals surface area contributed by atoms with Crippen LogP contribution in [0, 0.1) is 0 Å². The van der Waals surface area contributed by atoms with Gasteiger partial charge in [0.05, 0.1) is 17.0 Å². The first-order valence-electron chi connectivity index (χ1n) is 6.04. The van der Waals surface area contributed by atoms with Gasteiger partial charge in [0.25, 0.3) is 15.2 Å². The topological polar surface area (TPSA) is 118 Å². The molecule has 0 radical (unpaired) electrons. The summed E-state index contributed by atoms with van der Waals surface area (Å²) in [6, 6.07) is 1.91. The van der Waals surface area contributed by atoms with Gasteiger partial charge in [-0.15, -0.1) is 22.7 Å². The maximum Gasteiger partial charge on any atom is 0.299 e. The maximum absolute atomic E-state index is 11.9. The van der Waals surface area contributed by atoms with Crippen LogP contribution < -0.4 is 4.72 Å². The van der Waals surface area contributed by atoms with E-state index in [2.05, 4.69) is 36.1 Å². The van der Waals surface area contributed by atoms with E-state index in [0.29, 0.717) is 5.69 Å². The Labute approximate surface area is 147 Å². The molecule has 3 aromatic rings. The zero-order valence-electron chi connectivity index (χ0n) is 11.2. The van der Waals surface area contributed by atoms with Crippen LogP contribution in [0.4, 0.5) is 0 Å². The summed E-state index contributed by atoms with van der Waals surface area (Å²) in [5.41, 5.74) is 0.496. The molecule has 3 rings (SSSR count). The van der Waals surface area contributed by atoms with Crippen molar-refractivity contribution in [1.82, 2.24) is 24.9 Å². The summed E-state index contributed by atoms with van der Waals surface area (Å²) < 4.78 is 26.5. The second-order valence-electron chi connectivity index (χ2n) is 4.24. The van der Waals surface area contributed by atoms with Gasteiger partial charge in [0.2, 0.25) is 5.91 Å². The molecule has 0 aliphatic rings. The highest BCUT2D eigenvalue weighted by atomic mass is 79.9. The third-order valence-corrected chi connectivity index (χ3v) is 6.68. The Morgan fingerprint density at radius 2 is 2.22 bits per heavy atom. The quantitative estimate of drug-likeness (QED) is 0.633. The van der Waals surface area contributed by atoms with Gasteiger partial charge in [-0.1, -0.05) is 0 Å². The van der Waals surface area contributed by atoms with Crippen LogP contribution in [-0.4, -0.2) is 34.5 Å². The van der Waals surface area contributed by atoms with Gasteiger partial charge in [0, 0.05) is 9.85 Å². The van der Waals surface area contributed by atoms with E-state index in [1.807, 2.05) is 16.2 Å². The Morgan fingerprint density at radius 1 is 1.39 bits per heavy atom. The standard InChI is InChI=1S/C11H8BrN5O3S3/c12-7-1-2-21-9(7)10-15-6(4-22-10)3-8(18)17-23(19,20)11-13-5-14-16-11/h1-2,4-5H,3H2,(H,17,18)(H,13,14,16). The average molecular weight is 434 g/mol. The van der Waals surface area contributed by atoms with Crippen LogP contribution in [0.2, 0.25) is 0 Å². The van der Waals surface area contributed by atoms with Gasteiger partial charge in [-0.3, -0.25) is 4.79 Å². The molecule has 1 amide bonds. The number of halogens is 1. The zero-order valence-corrected chi connectivity index (χ0v) is 15.2. The van der Waals surface area contributed by atoms with Crippen LogP contribution in [0.3, 0.4) is 0 Å². The van der Waals surface area contributed by atoms with Gasteiger partial charge < -0.3 is 0 Å². The second kappa shape index (κ2) is 6.47. The van der Waals surface area contributed by atoms with Crippen molar-refractivity contribution in [3.05, 3.63) is 33.3 Å². The van der Waals surface area contributed by atoms with Crippen molar-refractivity contribution in [2.45, 2.75) is 11.6 Å². The molecule has 0 aromatic carbocycles. The Bertz CT molecular complexity index is 932. The second-order valence-corrected chi connectivity index (χ2v) is 8.46. The molecule has 3 heterocycles. The van der Waals surface area contributed by atoms with Gasteiger partial charge in [0.1, 0.15) is 11.3 Å². The molecule has 0 aliphatic heterocycles. The third kappa shape index (κ3) is 3.65. The number of sulfonamides is 1. The van der Waals surface area contributed by atoms with Crippen LogP contribution in [0.15, 0.2) is 32.8 Å². The van der Waals surface area contributed by atoms with Gasteiger partial charge in [-0.05, 0) is 27.4 Å². The molecule has 12 heteroatoms. The van der Waals surface area contributed by atoms with Gasteiger partial charge in [0.15, 0.2) is 0 Å². The number of hydrogen-bond acceptors (Lipinski definition) is 8. The smallest absolute Gasteiger partial charge is 0.274 e. The van der Waals surface area contributed by atoms with Crippen LogP contribution in [0.25, 0.3) is 9.88 Å². The largest absolute Gasteiger partial charge is 0.299 e. The number of H-pyrrole nitrogens is 1. The highest BCUT2D eigenvalue weighted by Gasteiger charge is 2.21. The first-order chi connectivity index (χ1) is 11.0. The van der Waals surface area contributed by atoms with Crippen LogP contribution in [0.1, 0.15) is 5.69 Å². The number of thiazole rings is 1. The van der Waals surface area contributed by atoms with Crippen molar-refractivity contribution in [2.24, 2.45) is 0 Å². The monoisotopic (exact) mass is 433 g/mol. The molecule has 0 saturated carbocycles. The lowest BCUT2D eigenvalue weighted by atomic mass is 10.3. The molecule has 0 unspecified atom stereocenters. The number of thiophene rings is 1. The first kappa shape index (κ1) is 16.2. The minimum Gasteiger partial charge on any atom is -0.274 e. The van der Waals surface area contributed by atoms with Crippen molar-refractivity contribution >= 4 is 54.5 Å². The average Bonchev–Trinajstić information content (AvgIpc) is 3.17. The van der Waals surface area contributed by atoms with Crippen molar-refractivity contribution in [3.63, 3.8) is 0 Å². The van der Waals surface area contributed by atoms with E-state index in [9.17, 15) is 13.2 Å². The summed E-state index contributed by atoms with van der Waals surface area (Å²) in [7, 11) is -4.04. The number of carbonyl (C=O) groups is 1. The molecule has 8 nitrogen and oxygen atoms in total. The number of nitrogens with one attached hydrogen (secondary N) is 2. The fourth-order valence-electron chi connectivity index (χ4n) is 1.66. The van der Waals surface area contributed by atoms with Crippen molar-refractivity contribution in [3.8, 4) is 9.88 Å². The van der Waals surface area contributed by atoms with E-state index in [0.717, 1.165) is 20.7 Å². The number of hydrogen-bond donors (Lipinski definition) is 2. The van der Waals surface area contributed by atoms with E-state index in [-0.39, 0.29) is 6.42 Å². The predicted molar refractivity (Wildman–Crippen MR) is 88.5 cm³/mol. The van der Waals surface area contributed by atoms with E-state index < -0.39 is 21.1 Å². The molecular weight excluding hydrogens is 426 g/mol. The summed E-state index contributed by atoms with van der Waals surface area (Å²) in [6.45, 7) is 0. The third-order valence-electron chi connectivity index (χ3n) is 2.60. The minimum atomic E-state index is -4.04. The molecule has 23 heavy (non-hydrogen) atoms. The molecular formula is C11H8BrN5O3S3. The molecule has 3 aromatic heterocycles. The SMILES string of the molecule is O=C(Cc1csc(-c2sccc2Br)n1)NS(=O)(=O)c1ncn[nH]1. The summed E-state index contributed by atoms with van der Waals surface area (Å²) in [5.74, 6) is -0.691. The Kier molecular flexibility index (Phi) is 4.57. The van der Waals surface area contributed by atoms with Crippen LogP contribution in [0.5, 0.6) is 0 Å². The fraction of sp³-hybridized carbons (Fsp3) is 0.0909.